The first-order valence-electron chi connectivity index (χ1n) is 7.39. The Labute approximate surface area is 141 Å². The number of ether oxygens (including phenoxy) is 1. The zero-order valence-corrected chi connectivity index (χ0v) is 13.2. The van der Waals surface area contributed by atoms with Gasteiger partial charge in [-0.05, 0) is 24.3 Å². The molecular weight excluding hydrogens is 331 g/mol. The molecule has 130 valence electrons. The van der Waals surface area contributed by atoms with Crippen LogP contribution in [0.5, 0.6) is 5.75 Å². The summed E-state index contributed by atoms with van der Waals surface area (Å²) in [5.74, 6) is -1.65. The molecule has 3 aromatic rings. The molecule has 2 heterocycles. The molecule has 0 saturated carbocycles. The zero-order valence-electron chi connectivity index (χ0n) is 13.2. The third-order valence-electron chi connectivity index (χ3n) is 3.56. The lowest BCUT2D eigenvalue weighted by molar-refractivity contribution is 0.0698. The molecule has 0 fully saturated rings. The van der Waals surface area contributed by atoms with Crippen molar-refractivity contribution in [3.63, 3.8) is 0 Å². The van der Waals surface area contributed by atoms with E-state index in [2.05, 4.69) is 20.7 Å². The maximum absolute atomic E-state index is 13.5. The van der Waals surface area contributed by atoms with E-state index in [0.717, 1.165) is 5.69 Å². The molecule has 1 aromatic carbocycles. The zero-order chi connectivity index (χ0) is 17.8. The summed E-state index contributed by atoms with van der Waals surface area (Å²) in [5, 5.41) is 22.9. The standard InChI is InChI=1S/C16H15FN4O4/c1-24-12-8-9(2-3-11(12)17)14-13(16(22)23)15(21-25-14)18-6-4-10-5-7-19-20-10/h2-3,5,7-8H,4,6H2,1H3,(H,18,21)(H,19,20)(H,22,23). The number of benzene rings is 1. The third-order valence-corrected chi connectivity index (χ3v) is 3.56. The van der Waals surface area contributed by atoms with Crippen molar-refractivity contribution in [1.82, 2.24) is 15.4 Å². The fourth-order valence-corrected chi connectivity index (χ4v) is 2.35. The SMILES string of the molecule is COc1cc(-c2onc(NCCc3ccn[nH]3)c2C(=O)O)ccc1F. The van der Waals surface area contributed by atoms with Crippen LogP contribution in [0.4, 0.5) is 10.2 Å². The monoisotopic (exact) mass is 346 g/mol. The number of carbonyl (C=O) groups is 1. The van der Waals surface area contributed by atoms with Gasteiger partial charge in [-0.15, -0.1) is 0 Å². The molecule has 25 heavy (non-hydrogen) atoms. The van der Waals surface area contributed by atoms with Gasteiger partial charge in [-0.3, -0.25) is 5.10 Å². The van der Waals surface area contributed by atoms with Crippen LogP contribution in [-0.4, -0.2) is 40.1 Å². The molecule has 0 aliphatic carbocycles. The minimum Gasteiger partial charge on any atom is -0.494 e. The van der Waals surface area contributed by atoms with Crippen LogP contribution in [0.25, 0.3) is 11.3 Å². The van der Waals surface area contributed by atoms with Gasteiger partial charge in [0.2, 0.25) is 0 Å². The molecule has 0 saturated heterocycles. The lowest BCUT2D eigenvalue weighted by atomic mass is 10.1. The van der Waals surface area contributed by atoms with Crippen molar-refractivity contribution in [1.29, 1.82) is 0 Å². The molecule has 2 aromatic heterocycles. The molecule has 0 unspecified atom stereocenters. The number of H-pyrrole nitrogens is 1. The first-order valence-corrected chi connectivity index (χ1v) is 7.39. The molecule has 0 amide bonds. The van der Waals surface area contributed by atoms with Crippen LogP contribution < -0.4 is 10.1 Å². The summed E-state index contributed by atoms with van der Waals surface area (Å²) >= 11 is 0. The number of methoxy groups -OCH3 is 1. The number of aromatic amines is 1. The Hall–Kier alpha value is -3.36. The number of aromatic nitrogens is 3. The van der Waals surface area contributed by atoms with E-state index in [1.165, 1.54) is 25.3 Å². The van der Waals surface area contributed by atoms with Gasteiger partial charge in [-0.1, -0.05) is 5.16 Å². The normalized spacial score (nSPS) is 10.6. The quantitative estimate of drug-likeness (QED) is 0.602. The predicted molar refractivity (Wildman–Crippen MR) is 86.2 cm³/mol. The Morgan fingerprint density at radius 1 is 1.44 bits per heavy atom. The molecule has 8 nitrogen and oxygen atoms in total. The van der Waals surface area contributed by atoms with E-state index >= 15 is 0 Å². The third kappa shape index (κ3) is 3.44. The highest BCUT2D eigenvalue weighted by molar-refractivity contribution is 5.99. The molecule has 0 atom stereocenters. The van der Waals surface area contributed by atoms with Crippen molar-refractivity contribution in [2.24, 2.45) is 0 Å². The van der Waals surface area contributed by atoms with Crippen LogP contribution in [0.2, 0.25) is 0 Å². The molecule has 0 aliphatic rings. The van der Waals surface area contributed by atoms with Crippen LogP contribution in [0, 0.1) is 5.82 Å². The van der Waals surface area contributed by atoms with E-state index in [1.807, 2.05) is 6.07 Å². The number of rotatable bonds is 7. The minimum absolute atomic E-state index is 0.0148. The van der Waals surface area contributed by atoms with Crippen LogP contribution >= 0.6 is 0 Å². The predicted octanol–water partition coefficient (Wildman–Crippen LogP) is 2.57. The Morgan fingerprint density at radius 3 is 2.96 bits per heavy atom. The molecule has 9 heteroatoms. The second-order valence-electron chi connectivity index (χ2n) is 5.15. The van der Waals surface area contributed by atoms with Gasteiger partial charge in [0.25, 0.3) is 0 Å². The van der Waals surface area contributed by atoms with E-state index in [1.54, 1.807) is 6.20 Å². The number of hydrogen-bond donors (Lipinski definition) is 3. The first-order chi connectivity index (χ1) is 12.1. The topological polar surface area (TPSA) is 113 Å². The average Bonchev–Trinajstić information content (AvgIpc) is 3.25. The number of nitrogens with one attached hydrogen (secondary N) is 2. The van der Waals surface area contributed by atoms with Crippen molar-refractivity contribution < 1.29 is 23.6 Å². The Balaban J connectivity index is 1.85. The second kappa shape index (κ2) is 7.04. The second-order valence-corrected chi connectivity index (χ2v) is 5.15. The van der Waals surface area contributed by atoms with Crippen LogP contribution in [0.3, 0.4) is 0 Å². The number of hydrogen-bond acceptors (Lipinski definition) is 6. The highest BCUT2D eigenvalue weighted by Gasteiger charge is 2.24. The van der Waals surface area contributed by atoms with Crippen molar-refractivity contribution in [3.05, 3.63) is 47.5 Å². The van der Waals surface area contributed by atoms with Gasteiger partial charge in [0.15, 0.2) is 28.7 Å². The maximum atomic E-state index is 13.5. The van der Waals surface area contributed by atoms with Gasteiger partial charge in [0.1, 0.15) is 0 Å². The van der Waals surface area contributed by atoms with Gasteiger partial charge >= 0.3 is 5.97 Å². The lowest BCUT2D eigenvalue weighted by Gasteiger charge is -2.05. The average molecular weight is 346 g/mol. The first kappa shape index (κ1) is 16.5. The van der Waals surface area contributed by atoms with E-state index in [4.69, 9.17) is 9.26 Å². The van der Waals surface area contributed by atoms with Gasteiger partial charge in [-0.2, -0.15) is 5.10 Å². The van der Waals surface area contributed by atoms with Crippen LogP contribution in [0.1, 0.15) is 16.1 Å². The molecule has 0 spiro atoms. The molecule has 0 aliphatic heterocycles. The summed E-state index contributed by atoms with van der Waals surface area (Å²) in [6, 6.07) is 5.75. The summed E-state index contributed by atoms with van der Waals surface area (Å²) in [6.07, 6.45) is 2.24. The molecule has 3 rings (SSSR count). The van der Waals surface area contributed by atoms with E-state index in [9.17, 15) is 14.3 Å². The highest BCUT2D eigenvalue weighted by Crippen LogP contribution is 2.32. The van der Waals surface area contributed by atoms with Gasteiger partial charge in [0.05, 0.1) is 7.11 Å². The Bertz CT molecular complexity index is 876. The van der Waals surface area contributed by atoms with E-state index < -0.39 is 11.8 Å². The lowest BCUT2D eigenvalue weighted by Crippen LogP contribution is -2.09. The molecule has 3 N–H and O–H groups in total. The molecule has 0 radical (unpaired) electrons. The largest absolute Gasteiger partial charge is 0.494 e. The highest BCUT2D eigenvalue weighted by atomic mass is 19.1. The van der Waals surface area contributed by atoms with Crippen molar-refractivity contribution in [2.75, 3.05) is 19.0 Å². The Morgan fingerprint density at radius 2 is 2.28 bits per heavy atom. The van der Waals surface area contributed by atoms with Crippen LogP contribution in [-0.2, 0) is 6.42 Å². The van der Waals surface area contributed by atoms with E-state index in [0.29, 0.717) is 18.5 Å². The smallest absolute Gasteiger partial charge is 0.343 e. The maximum Gasteiger partial charge on any atom is 0.343 e. The van der Waals surface area contributed by atoms with Crippen molar-refractivity contribution >= 4 is 11.8 Å². The number of nitrogens with zero attached hydrogens (tertiary/aromatic N) is 2. The fourth-order valence-electron chi connectivity index (χ4n) is 2.35. The summed E-state index contributed by atoms with van der Waals surface area (Å²) in [5.41, 5.74) is 1.12. The van der Waals surface area contributed by atoms with Gasteiger partial charge in [-0.25, -0.2) is 9.18 Å². The van der Waals surface area contributed by atoms with Gasteiger partial charge < -0.3 is 19.7 Å². The molecular formula is C16H15FN4O4. The summed E-state index contributed by atoms with van der Waals surface area (Å²) in [6.45, 7) is 0.432. The number of aromatic carboxylic acids is 1. The number of anilines is 1. The summed E-state index contributed by atoms with van der Waals surface area (Å²) < 4.78 is 23.6. The molecule has 0 bridgehead atoms. The summed E-state index contributed by atoms with van der Waals surface area (Å²) in [4.78, 5) is 11.6. The Kier molecular flexibility index (Phi) is 4.64. The van der Waals surface area contributed by atoms with E-state index in [-0.39, 0.29) is 22.9 Å². The number of halogens is 1. The van der Waals surface area contributed by atoms with Crippen LogP contribution in [0.15, 0.2) is 35.0 Å². The number of carboxylic acids is 1. The fraction of sp³-hybridized carbons (Fsp3) is 0.188. The van der Waals surface area contributed by atoms with Crippen molar-refractivity contribution in [2.45, 2.75) is 6.42 Å². The van der Waals surface area contributed by atoms with Gasteiger partial charge in [0, 0.05) is 30.4 Å². The minimum atomic E-state index is -1.21. The summed E-state index contributed by atoms with van der Waals surface area (Å²) in [7, 11) is 1.32. The number of carboxylic acid groups (broad SMARTS) is 1. The van der Waals surface area contributed by atoms with Crippen molar-refractivity contribution in [3.8, 4) is 17.1 Å².